The Kier molecular flexibility index (Phi) is 4.75. The zero-order valence-electron chi connectivity index (χ0n) is 10.6. The van der Waals surface area contributed by atoms with Crippen LogP contribution in [0.3, 0.4) is 0 Å². The average Bonchev–Trinajstić information content (AvgIpc) is 2.77. The van der Waals surface area contributed by atoms with Crippen molar-refractivity contribution in [1.29, 1.82) is 0 Å². The van der Waals surface area contributed by atoms with Crippen LogP contribution < -0.4 is 5.32 Å². The summed E-state index contributed by atoms with van der Waals surface area (Å²) in [6, 6.07) is 8.46. The maximum absolute atomic E-state index is 5.89. The summed E-state index contributed by atoms with van der Waals surface area (Å²) in [4.78, 5) is 4.51. The molecule has 4 heteroatoms. The molecular formula is C14H17ClN2S. The van der Waals surface area contributed by atoms with E-state index >= 15 is 0 Å². The number of likely N-dealkylation sites (N-methyl/N-ethyl adjacent to an activating group) is 1. The summed E-state index contributed by atoms with van der Waals surface area (Å²) in [5.41, 5.74) is 2.47. The third-order valence-electron chi connectivity index (χ3n) is 2.93. The molecule has 0 saturated carbocycles. The summed E-state index contributed by atoms with van der Waals surface area (Å²) in [6.07, 6.45) is 1.95. The molecule has 0 aliphatic carbocycles. The highest BCUT2D eigenvalue weighted by atomic mass is 35.5. The van der Waals surface area contributed by atoms with Crippen molar-refractivity contribution in [2.45, 2.75) is 25.8 Å². The van der Waals surface area contributed by atoms with Crippen LogP contribution in [-0.2, 0) is 12.8 Å². The minimum absolute atomic E-state index is 0.410. The molecule has 1 aromatic heterocycles. The first-order chi connectivity index (χ1) is 8.67. The Balaban J connectivity index is 1.99. The van der Waals surface area contributed by atoms with Crippen LogP contribution in [0.2, 0.25) is 5.02 Å². The van der Waals surface area contributed by atoms with Crippen molar-refractivity contribution in [3.8, 4) is 0 Å². The van der Waals surface area contributed by atoms with Crippen molar-refractivity contribution in [1.82, 2.24) is 10.3 Å². The van der Waals surface area contributed by atoms with Gasteiger partial charge in [-0.05, 0) is 38.1 Å². The lowest BCUT2D eigenvalue weighted by molar-refractivity contribution is 0.551. The Labute approximate surface area is 117 Å². The smallest absolute Gasteiger partial charge is 0.0897 e. The van der Waals surface area contributed by atoms with Crippen LogP contribution in [0.1, 0.15) is 16.3 Å². The van der Waals surface area contributed by atoms with Crippen LogP contribution in [0.4, 0.5) is 0 Å². The largest absolute Gasteiger partial charge is 0.316 e. The van der Waals surface area contributed by atoms with E-state index in [1.54, 1.807) is 11.3 Å². The first-order valence-corrected chi connectivity index (χ1v) is 7.26. The molecule has 2 aromatic rings. The van der Waals surface area contributed by atoms with Crippen LogP contribution in [0.25, 0.3) is 0 Å². The molecular weight excluding hydrogens is 264 g/mol. The van der Waals surface area contributed by atoms with Crippen molar-refractivity contribution in [3.63, 3.8) is 0 Å². The minimum Gasteiger partial charge on any atom is -0.316 e. The second kappa shape index (κ2) is 6.32. The summed E-state index contributed by atoms with van der Waals surface area (Å²) >= 11 is 7.60. The van der Waals surface area contributed by atoms with Crippen LogP contribution >= 0.6 is 22.9 Å². The lowest BCUT2D eigenvalue weighted by atomic mass is 10.0. The van der Waals surface area contributed by atoms with Gasteiger partial charge in [-0.15, -0.1) is 11.3 Å². The van der Waals surface area contributed by atoms with Gasteiger partial charge >= 0.3 is 0 Å². The lowest BCUT2D eigenvalue weighted by Gasteiger charge is -2.15. The second-order valence-corrected chi connectivity index (χ2v) is 5.88. The molecule has 0 aliphatic heterocycles. The van der Waals surface area contributed by atoms with Crippen LogP contribution in [0.15, 0.2) is 29.6 Å². The summed E-state index contributed by atoms with van der Waals surface area (Å²) in [6.45, 7) is 2.04. The molecule has 1 N–H and O–H groups in total. The number of nitrogens with one attached hydrogen (secondary N) is 1. The van der Waals surface area contributed by atoms with E-state index < -0.39 is 0 Å². The van der Waals surface area contributed by atoms with E-state index in [-0.39, 0.29) is 0 Å². The van der Waals surface area contributed by atoms with Gasteiger partial charge < -0.3 is 5.32 Å². The predicted octanol–water partition coefficient (Wildman–Crippen LogP) is 3.48. The number of hydrogen-bond donors (Lipinski definition) is 1. The molecule has 18 heavy (non-hydrogen) atoms. The van der Waals surface area contributed by atoms with Gasteiger partial charge in [0.05, 0.1) is 10.7 Å². The summed E-state index contributed by atoms with van der Waals surface area (Å²) < 4.78 is 0. The zero-order valence-corrected chi connectivity index (χ0v) is 12.2. The number of rotatable bonds is 5. The molecule has 0 amide bonds. The highest BCUT2D eigenvalue weighted by Gasteiger charge is 2.10. The van der Waals surface area contributed by atoms with Crippen LogP contribution in [0.5, 0.6) is 0 Å². The maximum atomic E-state index is 5.89. The molecule has 96 valence electrons. The third kappa shape index (κ3) is 3.80. The monoisotopic (exact) mass is 280 g/mol. The fraction of sp³-hybridized carbons (Fsp3) is 0.357. The Hall–Kier alpha value is -0.900. The Morgan fingerprint density at radius 2 is 2.00 bits per heavy atom. The van der Waals surface area contributed by atoms with Gasteiger partial charge in [0.15, 0.2) is 0 Å². The van der Waals surface area contributed by atoms with Crippen molar-refractivity contribution in [2.75, 3.05) is 7.05 Å². The maximum Gasteiger partial charge on any atom is 0.0897 e. The minimum atomic E-state index is 0.410. The van der Waals surface area contributed by atoms with Gasteiger partial charge in [0.1, 0.15) is 0 Å². The molecule has 0 fully saturated rings. The number of hydrogen-bond acceptors (Lipinski definition) is 3. The lowest BCUT2D eigenvalue weighted by Crippen LogP contribution is -2.30. The van der Waals surface area contributed by atoms with Crippen LogP contribution in [0, 0.1) is 6.92 Å². The first kappa shape index (κ1) is 13.5. The van der Waals surface area contributed by atoms with Crippen molar-refractivity contribution >= 4 is 22.9 Å². The summed E-state index contributed by atoms with van der Waals surface area (Å²) in [5.74, 6) is 0. The van der Waals surface area contributed by atoms with E-state index in [1.165, 1.54) is 11.3 Å². The topological polar surface area (TPSA) is 24.9 Å². The Morgan fingerprint density at radius 1 is 1.28 bits per heavy atom. The summed E-state index contributed by atoms with van der Waals surface area (Å²) in [5, 5.41) is 7.41. The van der Waals surface area contributed by atoms with Gasteiger partial charge in [-0.2, -0.15) is 0 Å². The Bertz CT molecular complexity index is 493. The van der Waals surface area contributed by atoms with Crippen molar-refractivity contribution in [3.05, 3.63) is 50.9 Å². The molecule has 1 atom stereocenters. The Morgan fingerprint density at radius 3 is 2.56 bits per heavy atom. The van der Waals surface area contributed by atoms with E-state index in [9.17, 15) is 0 Å². The normalized spacial score (nSPS) is 12.6. The van der Waals surface area contributed by atoms with Crippen molar-refractivity contribution in [2.24, 2.45) is 0 Å². The van der Waals surface area contributed by atoms with Gasteiger partial charge in [0.2, 0.25) is 0 Å². The predicted molar refractivity (Wildman–Crippen MR) is 78.6 cm³/mol. The van der Waals surface area contributed by atoms with Gasteiger partial charge in [-0.1, -0.05) is 23.7 Å². The standard InChI is InChI=1S/C14H17ClN2S/c1-10-17-14(9-18-10)8-13(16-2)7-11-3-5-12(15)6-4-11/h3-6,9,13,16H,7-8H2,1-2H3. The molecule has 0 radical (unpaired) electrons. The van der Waals surface area contributed by atoms with Gasteiger partial charge in [-0.25, -0.2) is 4.98 Å². The molecule has 0 spiro atoms. The number of nitrogens with zero attached hydrogens (tertiary/aromatic N) is 1. The van der Waals surface area contributed by atoms with E-state index in [1.807, 2.05) is 26.1 Å². The van der Waals surface area contributed by atoms with Gasteiger partial charge in [-0.3, -0.25) is 0 Å². The molecule has 0 aliphatic rings. The first-order valence-electron chi connectivity index (χ1n) is 6.00. The van der Waals surface area contributed by atoms with E-state index in [4.69, 9.17) is 11.6 Å². The van der Waals surface area contributed by atoms with E-state index in [0.29, 0.717) is 6.04 Å². The number of thiazole rings is 1. The van der Waals surface area contributed by atoms with Gasteiger partial charge in [0.25, 0.3) is 0 Å². The summed E-state index contributed by atoms with van der Waals surface area (Å²) in [7, 11) is 2.00. The third-order valence-corrected chi connectivity index (χ3v) is 4.00. The number of halogens is 1. The fourth-order valence-corrected chi connectivity index (χ4v) is 2.69. The number of benzene rings is 1. The SMILES string of the molecule is CNC(Cc1ccc(Cl)cc1)Cc1csc(C)n1. The molecule has 2 rings (SSSR count). The zero-order chi connectivity index (χ0) is 13.0. The van der Waals surface area contributed by atoms with Crippen molar-refractivity contribution < 1.29 is 0 Å². The average molecular weight is 281 g/mol. The van der Waals surface area contributed by atoms with Crippen LogP contribution in [-0.4, -0.2) is 18.1 Å². The molecule has 0 bridgehead atoms. The highest BCUT2D eigenvalue weighted by molar-refractivity contribution is 7.09. The molecule has 1 aromatic carbocycles. The quantitative estimate of drug-likeness (QED) is 0.907. The van der Waals surface area contributed by atoms with E-state index in [0.717, 1.165) is 22.9 Å². The molecule has 2 nitrogen and oxygen atoms in total. The molecule has 0 saturated heterocycles. The molecule has 1 unspecified atom stereocenters. The van der Waals surface area contributed by atoms with Gasteiger partial charge in [0, 0.05) is 22.9 Å². The fourth-order valence-electron chi connectivity index (χ4n) is 1.94. The number of aromatic nitrogens is 1. The van der Waals surface area contributed by atoms with E-state index in [2.05, 4.69) is 27.8 Å². The number of aryl methyl sites for hydroxylation is 1. The molecule has 1 heterocycles. The highest BCUT2D eigenvalue weighted by Crippen LogP contribution is 2.14. The second-order valence-electron chi connectivity index (χ2n) is 4.38.